The van der Waals surface area contributed by atoms with Crippen molar-refractivity contribution >= 4 is 147 Å². The number of alkyl halides is 1. The number of nitrogens with two attached hydrogens (primary N) is 5. The summed E-state index contributed by atoms with van der Waals surface area (Å²) in [7, 11) is 0. The molecular weight excluding hydrogens is 3480 g/mol. The number of aromatic nitrogens is 6. The number of nitrogens with zero attached hydrogens (tertiary/aromatic N) is 10. The summed E-state index contributed by atoms with van der Waals surface area (Å²) in [6.07, 6.45) is 13.4. The molecule has 0 fully saturated rings. The van der Waals surface area contributed by atoms with Gasteiger partial charge in [0.2, 0.25) is 6.08 Å². The molecule has 0 aliphatic rings. The number of amides is 1. The molecule has 90 heavy (non-hydrogen) atoms. The van der Waals surface area contributed by atoms with Crippen molar-refractivity contribution in [2.24, 2.45) is 16.5 Å². The van der Waals surface area contributed by atoms with Crippen molar-refractivity contribution in [3.8, 4) is 18.2 Å². The van der Waals surface area contributed by atoms with Gasteiger partial charge in [0.1, 0.15) is 17.5 Å². The molecular formula is C52H74Br3N15O7Rf8S5-8. The van der Waals surface area contributed by atoms with Crippen LogP contribution in [0, 0.1) is 81.1 Å². The van der Waals surface area contributed by atoms with E-state index < -0.39 is 11.9 Å². The number of hydrogen-bond donors (Lipinski definition) is 6. The molecule has 0 radical (unpaired) electrons. The summed E-state index contributed by atoms with van der Waals surface area (Å²) < 4.78 is 4.60. The maximum atomic E-state index is 10.6. The predicted molar refractivity (Wildman–Crippen MR) is 344 cm³/mol. The first-order valence-corrected chi connectivity index (χ1v) is 32.5. The number of hydrogen-bond acceptors (Lipinski definition) is 24. The first kappa shape index (κ1) is 119. The van der Waals surface area contributed by atoms with Gasteiger partial charge in [0, 0.05) is 47.0 Å². The molecule has 0 bridgehead atoms. The number of carboxylic acids is 1. The van der Waals surface area contributed by atoms with Crippen molar-refractivity contribution in [1.29, 1.82) is 15.8 Å². The monoisotopic (exact) mass is 3550 g/mol. The number of isocyanates is 1. The summed E-state index contributed by atoms with van der Waals surface area (Å²) in [5, 5.41) is 33.8. The second-order valence-corrected chi connectivity index (χ2v) is 18.4. The van der Waals surface area contributed by atoms with Gasteiger partial charge in [0.05, 0.1) is 24.2 Å². The average Bonchev–Trinajstić information content (AvgIpc) is 4.40. The molecule has 0 aliphatic carbocycles. The Morgan fingerprint density at radius 2 is 1.07 bits per heavy atom. The zero-order chi connectivity index (χ0) is 64.0. The number of nitriles is 3. The number of unbranched alkanes of at least 4 members (excludes halogenated alkanes) is 1. The fourth-order valence-corrected chi connectivity index (χ4v) is 6.71. The van der Waals surface area contributed by atoms with Crippen LogP contribution in [0.1, 0.15) is 154 Å². The molecule has 0 spiro atoms. The molecule has 13 N–H and O–H groups in total. The van der Waals surface area contributed by atoms with Crippen LogP contribution in [0.5, 0.6) is 0 Å². The summed E-state index contributed by atoms with van der Waals surface area (Å²) in [5.41, 5.74) is 43.5. The van der Waals surface area contributed by atoms with Gasteiger partial charge in [-0.15, -0.1) is 4.88 Å². The van der Waals surface area contributed by atoms with E-state index >= 15 is 0 Å². The zero-order valence-corrected chi connectivity index (χ0v) is 113. The van der Waals surface area contributed by atoms with Crippen LogP contribution in [0.4, 0.5) is 21.7 Å². The van der Waals surface area contributed by atoms with Crippen molar-refractivity contribution in [1.82, 2.24) is 29.9 Å². The number of carboxylic acid groups (broad SMARTS) is 1. The molecule has 2 atom stereocenters. The Morgan fingerprint density at radius 3 is 1.27 bits per heavy atom. The van der Waals surface area contributed by atoms with Crippen molar-refractivity contribution < 1.29 is 34.2 Å². The third-order valence-electron chi connectivity index (χ3n) is 7.81. The number of anilines is 3. The summed E-state index contributed by atoms with van der Waals surface area (Å²) >= 11 is 14.9. The number of aryl methyl sites for hydroxylation is 6. The van der Waals surface area contributed by atoms with Gasteiger partial charge in [-0.2, -0.15) is 15.8 Å². The van der Waals surface area contributed by atoms with Crippen LogP contribution in [0.15, 0.2) is 22.6 Å². The minimum atomic E-state index is -0.907. The number of rotatable bonds is 13. The molecule has 6 aromatic heterocycles. The van der Waals surface area contributed by atoms with E-state index in [0.717, 1.165) is 102 Å². The molecule has 6 rings (SSSR count). The van der Waals surface area contributed by atoms with Crippen LogP contribution in [-0.2, 0) is 48.1 Å². The second kappa shape index (κ2) is 86.3. The van der Waals surface area contributed by atoms with E-state index in [2.05, 4.69) is 151 Å². The second-order valence-electron chi connectivity index (χ2n) is 13.2. The Labute approximate surface area is 528 Å². The molecule has 6 aromatic rings. The number of carbonyl (C=O) groups excluding carboxylic acids is 3. The number of halogens is 3. The van der Waals surface area contributed by atoms with E-state index in [1.807, 2.05) is 80.5 Å². The number of oxazole rings is 1. The Kier molecular flexibility index (Phi) is 114. The van der Waals surface area contributed by atoms with Crippen LogP contribution >= 0.6 is 101 Å². The maximum Gasteiger partial charge on any atom is 0.279 e. The minimum absolute atomic E-state index is 0. The van der Waals surface area contributed by atoms with Gasteiger partial charge in [-0.25, -0.2) is 9.79 Å². The SMILES string of the molecule is BrBr.CCC(Br)C#N.CCC(N)C#N.CCC=O.CCCC#N.CCc1n[c-]oc1N.CCc1n[c-]sc1C(=O)O.CCc1n[c-]sc1C(N)=O.CCc1n[c-]sc1N.CCc1n[c-]sc1N=C=O.CCc1s[c-]nc1N.O.[CH-]=C.[CH-]=C.[Rf].[Rf].[Rf].[Rf].[Rf].[Rf].[Rf].[Rf]. The van der Waals surface area contributed by atoms with Gasteiger partial charge in [0.15, 0.2) is 5.91 Å². The van der Waals surface area contributed by atoms with Gasteiger partial charge in [0.25, 0.3) is 5.97 Å². The van der Waals surface area contributed by atoms with Crippen LogP contribution in [0.3, 0.4) is 0 Å². The van der Waals surface area contributed by atoms with Crippen molar-refractivity contribution in [3.63, 3.8) is 0 Å². The third-order valence-corrected chi connectivity index (χ3v) is 12.5. The summed E-state index contributed by atoms with van der Waals surface area (Å²) in [5.74, 6) is -0.295. The maximum absolute atomic E-state index is 10.6. The molecule has 1 amide bonds. The topological polar surface area (TPSA) is 424 Å². The standard InChI is InChI=1S/C6H5N2OS.C6H7N2OS.C6H6NO2S.C5H7N2O.2C5H7N2S.C4H6BrN.C4H8N2.C4H7N.C3H6O.2C2H3.Br2.H2O.8Rf/c1-2-5-6(7-3-9)10-4-8-5;1-2-4-5(6(7)9)10-3-8-4;1-2-4-5(6(8)9)10-3-7-4;1-2-4-5(6)8-3-7-4;1-2-4-5(6)7-3-8-4;1-2-4-5(6)8-3-7-4;1-2-4(5)3-6;1-2-4(6)3-5;1-2-3-4-5;1-2-3-4;3*1-2;;;;;;;;;/h2H2,1H3;2H2,1H3,(H2,7,9);2H2,1H3,(H,8,9);3*2,6H2,1H3;4H,2H2,1H3;4H,2,6H2,1H3;2-3H2,1H3;3H,2H2,1H3;2*1H,2H2;;1H2;;;;;;;;/q6*-1;;;;;2*-1;;;;;;;;;;. The fourth-order valence-electron chi connectivity index (χ4n) is 3.67. The molecule has 0 saturated carbocycles. The number of nitrogen functional groups attached to an aromatic ring is 3. The smallest absolute Gasteiger partial charge is 0.279 e. The quantitative estimate of drug-likeness (QED) is 0.0206. The van der Waals surface area contributed by atoms with E-state index in [1.54, 1.807) is 0 Å². The molecule has 0 saturated heterocycles. The van der Waals surface area contributed by atoms with Crippen LogP contribution in [0.25, 0.3) is 0 Å². The zero-order valence-electron chi connectivity index (χ0n) is 53.3. The van der Waals surface area contributed by atoms with Gasteiger partial charge in [-0.05, 0) is 72.4 Å². The van der Waals surface area contributed by atoms with Crippen LogP contribution < -0.4 is 28.7 Å². The van der Waals surface area contributed by atoms with E-state index in [4.69, 9.17) is 49.6 Å². The number of primary amides is 1. The molecule has 2 unspecified atom stereocenters. The number of aliphatic imine (C=N–C) groups is 1. The summed E-state index contributed by atoms with van der Waals surface area (Å²) in [6.45, 7) is 33.4. The van der Waals surface area contributed by atoms with E-state index in [1.165, 1.54) is 51.4 Å². The van der Waals surface area contributed by atoms with E-state index in [0.29, 0.717) is 51.4 Å². The minimum Gasteiger partial charge on any atom is -0.559 e. The summed E-state index contributed by atoms with van der Waals surface area (Å²) in [6, 6.07) is 5.68. The van der Waals surface area contributed by atoms with E-state index in [9.17, 15) is 19.2 Å². The average molecular weight is 3560 g/mol. The number of aldehydes is 1. The molecule has 38 heteroatoms. The Balaban J connectivity index is -0.0000000477. The largest absolute Gasteiger partial charge is 0.559 e. The van der Waals surface area contributed by atoms with Crippen molar-refractivity contribution in [3.05, 3.63) is 103 Å². The first-order valence-electron chi connectivity index (χ1n) is 23.8. The van der Waals surface area contributed by atoms with Crippen molar-refractivity contribution in [2.45, 2.75) is 151 Å². The van der Waals surface area contributed by atoms with E-state index in [-0.39, 0.29) is 16.3 Å². The molecule has 22 nitrogen and oxygen atoms in total. The Hall–Kier alpha value is -13.9. The summed E-state index contributed by atoms with van der Waals surface area (Å²) in [4.78, 5) is 68.3. The molecule has 6 heterocycles. The predicted octanol–water partition coefficient (Wildman–Crippen LogP) is 12.0. The van der Waals surface area contributed by atoms with Gasteiger partial charge >= 0.3 is 0 Å². The van der Waals surface area contributed by atoms with Gasteiger partial charge in [-0.1, -0.05) is 152 Å². The first-order chi connectivity index (χ1) is 38.9. The Morgan fingerprint density at radius 1 is 0.656 bits per heavy atom. The van der Waals surface area contributed by atoms with Crippen LogP contribution in [-0.4, -0.2) is 75.6 Å². The molecule has 0 aromatic carbocycles. The number of thiazole rings is 5. The van der Waals surface area contributed by atoms with Crippen molar-refractivity contribution in [2.75, 3.05) is 17.2 Å². The van der Waals surface area contributed by atoms with Crippen LogP contribution in [0.2, 0.25) is 0 Å². The third kappa shape index (κ3) is 61.7. The number of carbonyl (C=O) groups is 3. The fraction of sp³-hybridized carbons (Fsp3) is 0.442. The Bertz CT molecular complexity index is 2410. The molecule has 474 valence electrons. The number of aromatic carboxylic acids is 1. The molecule has 0 aliphatic heterocycles. The van der Waals surface area contributed by atoms with Gasteiger partial charge < -0.3 is 91.5 Å². The van der Waals surface area contributed by atoms with Gasteiger partial charge in [-0.3, -0.25) is 79.4 Å². The normalized spacial score (nSPS) is 8.21.